The van der Waals surface area contributed by atoms with Gasteiger partial charge in [-0.15, -0.1) is 0 Å². The van der Waals surface area contributed by atoms with Crippen molar-refractivity contribution in [1.82, 2.24) is 20.2 Å². The average Bonchev–Trinajstić information content (AvgIpc) is 2.29. The summed E-state index contributed by atoms with van der Waals surface area (Å²) in [5, 5.41) is 5.76. The SMILES string of the molecule is CN(C)C(=O)NCCNc1ncnc(N)c1Br. The number of hydrogen-bond donors (Lipinski definition) is 3. The van der Waals surface area contributed by atoms with Crippen LogP contribution >= 0.6 is 15.9 Å². The lowest BCUT2D eigenvalue weighted by atomic mass is 10.5. The third-order valence-corrected chi connectivity index (χ3v) is 2.70. The highest BCUT2D eigenvalue weighted by atomic mass is 79.9. The quantitative estimate of drug-likeness (QED) is 0.704. The number of amides is 2. The van der Waals surface area contributed by atoms with Gasteiger partial charge >= 0.3 is 6.03 Å². The van der Waals surface area contributed by atoms with E-state index in [2.05, 4.69) is 36.5 Å². The number of rotatable bonds is 4. The van der Waals surface area contributed by atoms with Crippen molar-refractivity contribution in [1.29, 1.82) is 0 Å². The van der Waals surface area contributed by atoms with Crippen molar-refractivity contribution in [3.8, 4) is 0 Å². The molecule has 1 aromatic heterocycles. The first kappa shape index (κ1) is 13.5. The second kappa shape index (κ2) is 6.24. The van der Waals surface area contributed by atoms with Crippen LogP contribution in [0.5, 0.6) is 0 Å². The Morgan fingerprint density at radius 3 is 2.82 bits per heavy atom. The Hall–Kier alpha value is -1.57. The predicted octanol–water partition coefficient (Wildman–Crippen LogP) is 0.504. The first-order valence-electron chi connectivity index (χ1n) is 4.97. The Kier molecular flexibility index (Phi) is 4.95. The number of anilines is 2. The molecule has 0 aliphatic heterocycles. The van der Waals surface area contributed by atoms with Gasteiger partial charge in [0.05, 0.1) is 0 Å². The van der Waals surface area contributed by atoms with Crippen LogP contribution in [0.3, 0.4) is 0 Å². The van der Waals surface area contributed by atoms with Crippen LogP contribution in [0.25, 0.3) is 0 Å². The zero-order valence-corrected chi connectivity index (χ0v) is 11.3. The van der Waals surface area contributed by atoms with Crippen LogP contribution in [0.4, 0.5) is 16.4 Å². The van der Waals surface area contributed by atoms with Gasteiger partial charge < -0.3 is 21.3 Å². The van der Waals surface area contributed by atoms with E-state index in [9.17, 15) is 4.79 Å². The molecule has 8 heteroatoms. The van der Waals surface area contributed by atoms with E-state index in [-0.39, 0.29) is 6.03 Å². The summed E-state index contributed by atoms with van der Waals surface area (Å²) in [6, 6.07) is -0.131. The van der Waals surface area contributed by atoms with Crippen LogP contribution in [0.2, 0.25) is 0 Å². The zero-order chi connectivity index (χ0) is 12.8. The number of hydrogen-bond acceptors (Lipinski definition) is 5. The van der Waals surface area contributed by atoms with E-state index < -0.39 is 0 Å². The van der Waals surface area contributed by atoms with Gasteiger partial charge in [-0.1, -0.05) is 0 Å². The second-order valence-corrected chi connectivity index (χ2v) is 4.27. The monoisotopic (exact) mass is 302 g/mol. The predicted molar refractivity (Wildman–Crippen MR) is 69.7 cm³/mol. The van der Waals surface area contributed by atoms with Crippen molar-refractivity contribution >= 4 is 33.6 Å². The van der Waals surface area contributed by atoms with Gasteiger partial charge in [0.15, 0.2) is 0 Å². The molecule has 2 amide bonds. The van der Waals surface area contributed by atoms with Gasteiger partial charge in [-0.3, -0.25) is 0 Å². The molecule has 0 unspecified atom stereocenters. The van der Waals surface area contributed by atoms with Gasteiger partial charge in [0.2, 0.25) is 0 Å². The molecule has 0 fully saturated rings. The fourth-order valence-electron chi connectivity index (χ4n) is 1.02. The highest BCUT2D eigenvalue weighted by Gasteiger charge is 2.05. The first-order chi connectivity index (χ1) is 8.02. The summed E-state index contributed by atoms with van der Waals surface area (Å²) in [5.41, 5.74) is 5.60. The van der Waals surface area contributed by atoms with Gasteiger partial charge in [0, 0.05) is 27.2 Å². The number of nitrogen functional groups attached to an aromatic ring is 1. The Morgan fingerprint density at radius 1 is 1.47 bits per heavy atom. The maximum atomic E-state index is 11.2. The van der Waals surface area contributed by atoms with Crippen molar-refractivity contribution in [2.24, 2.45) is 0 Å². The van der Waals surface area contributed by atoms with E-state index in [1.165, 1.54) is 11.2 Å². The second-order valence-electron chi connectivity index (χ2n) is 3.47. The summed E-state index contributed by atoms with van der Waals surface area (Å²) >= 11 is 3.28. The summed E-state index contributed by atoms with van der Waals surface area (Å²) in [4.78, 5) is 20.5. The Bertz CT molecular complexity index is 397. The maximum absolute atomic E-state index is 11.2. The van der Waals surface area contributed by atoms with Gasteiger partial charge in [0.1, 0.15) is 22.4 Å². The number of carbonyl (C=O) groups is 1. The van der Waals surface area contributed by atoms with Crippen molar-refractivity contribution in [3.05, 3.63) is 10.8 Å². The molecule has 0 aliphatic rings. The average molecular weight is 303 g/mol. The Labute approximate surface area is 108 Å². The highest BCUT2D eigenvalue weighted by Crippen LogP contribution is 2.23. The summed E-state index contributed by atoms with van der Waals surface area (Å²) in [6.45, 7) is 1.04. The van der Waals surface area contributed by atoms with Crippen molar-refractivity contribution < 1.29 is 4.79 Å². The third-order valence-electron chi connectivity index (χ3n) is 1.92. The number of carbonyl (C=O) groups excluding carboxylic acids is 1. The largest absolute Gasteiger partial charge is 0.383 e. The molecule has 0 aromatic carbocycles. The molecule has 0 saturated heterocycles. The van der Waals surface area contributed by atoms with E-state index in [4.69, 9.17) is 5.73 Å². The molecule has 1 heterocycles. The number of urea groups is 1. The van der Waals surface area contributed by atoms with Crippen molar-refractivity contribution in [3.63, 3.8) is 0 Å². The van der Waals surface area contributed by atoms with Crippen LogP contribution in [0, 0.1) is 0 Å². The van der Waals surface area contributed by atoms with E-state index in [1.54, 1.807) is 14.1 Å². The number of nitrogens with zero attached hydrogens (tertiary/aromatic N) is 3. The molecule has 4 N–H and O–H groups in total. The van der Waals surface area contributed by atoms with E-state index in [1.807, 2.05) is 0 Å². The van der Waals surface area contributed by atoms with Crippen molar-refractivity contribution in [2.45, 2.75) is 0 Å². The van der Waals surface area contributed by atoms with Crippen LogP contribution in [0.1, 0.15) is 0 Å². The molecule has 17 heavy (non-hydrogen) atoms. The molecule has 0 atom stereocenters. The molecule has 1 aromatic rings. The molecule has 1 rings (SSSR count). The number of nitrogens with two attached hydrogens (primary N) is 1. The minimum Gasteiger partial charge on any atom is -0.383 e. The lowest BCUT2D eigenvalue weighted by molar-refractivity contribution is 0.218. The van der Waals surface area contributed by atoms with Gasteiger partial charge in [-0.25, -0.2) is 14.8 Å². The van der Waals surface area contributed by atoms with E-state index in [0.717, 1.165) is 0 Å². The zero-order valence-electron chi connectivity index (χ0n) is 9.70. The lowest BCUT2D eigenvalue weighted by Gasteiger charge is -2.12. The molecule has 7 nitrogen and oxygen atoms in total. The molecule has 0 spiro atoms. The van der Waals surface area contributed by atoms with Crippen LogP contribution < -0.4 is 16.4 Å². The molecule has 94 valence electrons. The minimum absolute atomic E-state index is 0.131. The van der Waals surface area contributed by atoms with Crippen molar-refractivity contribution in [2.75, 3.05) is 38.2 Å². The van der Waals surface area contributed by atoms with Crippen LogP contribution in [0.15, 0.2) is 10.8 Å². The molecule has 0 aliphatic carbocycles. The fourth-order valence-corrected chi connectivity index (χ4v) is 1.36. The number of aromatic nitrogens is 2. The summed E-state index contributed by atoms with van der Waals surface area (Å²) in [5.74, 6) is 0.983. The number of halogens is 1. The van der Waals surface area contributed by atoms with Gasteiger partial charge in [0.25, 0.3) is 0 Å². The molecular formula is C9H15BrN6O. The van der Waals surface area contributed by atoms with E-state index in [0.29, 0.717) is 29.2 Å². The third kappa shape index (κ3) is 4.06. The molecule has 0 saturated carbocycles. The normalized spacial score (nSPS) is 9.82. The smallest absolute Gasteiger partial charge is 0.316 e. The Morgan fingerprint density at radius 2 is 2.18 bits per heavy atom. The highest BCUT2D eigenvalue weighted by molar-refractivity contribution is 9.10. The molecule has 0 bridgehead atoms. The maximum Gasteiger partial charge on any atom is 0.316 e. The van der Waals surface area contributed by atoms with E-state index >= 15 is 0 Å². The summed E-state index contributed by atoms with van der Waals surface area (Å²) < 4.78 is 0.624. The lowest BCUT2D eigenvalue weighted by Crippen LogP contribution is -2.37. The fraction of sp³-hybridized carbons (Fsp3) is 0.444. The summed E-state index contributed by atoms with van der Waals surface area (Å²) in [7, 11) is 3.37. The molecular weight excluding hydrogens is 288 g/mol. The van der Waals surface area contributed by atoms with Gasteiger partial charge in [-0.05, 0) is 15.9 Å². The first-order valence-corrected chi connectivity index (χ1v) is 5.76. The van der Waals surface area contributed by atoms with Crippen LogP contribution in [-0.2, 0) is 0 Å². The van der Waals surface area contributed by atoms with Crippen LogP contribution in [-0.4, -0.2) is 48.1 Å². The molecule has 0 radical (unpaired) electrons. The minimum atomic E-state index is -0.131. The Balaban J connectivity index is 2.36. The topological polar surface area (TPSA) is 96.2 Å². The standard InChI is InChI=1S/C9H15BrN6O/c1-16(2)9(17)13-4-3-12-8-6(10)7(11)14-5-15-8/h5H,3-4H2,1-2H3,(H,13,17)(H3,11,12,14,15). The van der Waals surface area contributed by atoms with Gasteiger partial charge in [-0.2, -0.15) is 0 Å². The summed E-state index contributed by atoms with van der Waals surface area (Å²) in [6.07, 6.45) is 1.38. The number of nitrogens with one attached hydrogen (secondary N) is 2.